The Bertz CT molecular complexity index is 367. The van der Waals surface area contributed by atoms with Crippen LogP contribution in [0.1, 0.15) is 36.7 Å². The lowest BCUT2D eigenvalue weighted by atomic mass is 9.70. The molecule has 1 aliphatic rings. The van der Waals surface area contributed by atoms with Gasteiger partial charge in [0.2, 0.25) is 0 Å². The number of carbonyl (C=O) groups is 1. The average molecular weight is 208 g/mol. The Morgan fingerprint density at radius 2 is 2.47 bits per heavy atom. The lowest BCUT2D eigenvalue weighted by molar-refractivity contribution is 0.0886. The predicted octanol–water partition coefficient (Wildman–Crippen LogP) is 0.912. The molecule has 0 spiro atoms. The first-order valence-electron chi connectivity index (χ1n) is 5.18. The van der Waals surface area contributed by atoms with Crippen molar-refractivity contribution in [3.8, 4) is 0 Å². The van der Waals surface area contributed by atoms with E-state index in [-0.39, 0.29) is 5.91 Å². The smallest absolute Gasteiger partial charge is 0.269 e. The Hall–Kier alpha value is -1.52. The van der Waals surface area contributed by atoms with Gasteiger partial charge in [-0.05, 0) is 18.3 Å². The molecule has 1 heterocycles. The summed E-state index contributed by atoms with van der Waals surface area (Å²) in [5.74, 6) is 0.210. The molecule has 5 nitrogen and oxygen atoms in total. The van der Waals surface area contributed by atoms with Crippen LogP contribution in [0.3, 0.4) is 0 Å². The van der Waals surface area contributed by atoms with Crippen molar-refractivity contribution in [1.82, 2.24) is 15.5 Å². The standard InChI is InChI=1S/C10H16N4O/c1-10(3-2-4-10)6-12-9(15)7-5-8(11)14-13-7/h5H,2-4,6H2,1H3,(H,12,15)(H3,11,13,14). The van der Waals surface area contributed by atoms with Gasteiger partial charge in [-0.15, -0.1) is 0 Å². The summed E-state index contributed by atoms with van der Waals surface area (Å²) < 4.78 is 0. The molecule has 5 heteroatoms. The molecule has 0 saturated heterocycles. The van der Waals surface area contributed by atoms with Gasteiger partial charge in [0.15, 0.2) is 0 Å². The van der Waals surface area contributed by atoms with Gasteiger partial charge in [0.25, 0.3) is 5.91 Å². The zero-order valence-corrected chi connectivity index (χ0v) is 8.84. The third-order valence-corrected chi connectivity index (χ3v) is 3.08. The first-order valence-corrected chi connectivity index (χ1v) is 5.18. The second-order valence-corrected chi connectivity index (χ2v) is 4.55. The molecule has 0 aliphatic heterocycles. The van der Waals surface area contributed by atoms with E-state index in [0.29, 0.717) is 16.9 Å². The molecule has 1 amide bonds. The highest BCUT2D eigenvalue weighted by atomic mass is 16.1. The molecule has 1 aromatic rings. The number of amides is 1. The molecule has 1 saturated carbocycles. The highest BCUT2D eigenvalue weighted by molar-refractivity contribution is 5.92. The van der Waals surface area contributed by atoms with Crippen molar-refractivity contribution < 1.29 is 4.79 Å². The van der Waals surface area contributed by atoms with Gasteiger partial charge in [-0.2, -0.15) is 5.10 Å². The highest BCUT2D eigenvalue weighted by Gasteiger charge is 2.32. The number of anilines is 1. The van der Waals surface area contributed by atoms with Gasteiger partial charge in [-0.25, -0.2) is 0 Å². The number of hydrogen-bond acceptors (Lipinski definition) is 3. The summed E-state index contributed by atoms with van der Waals surface area (Å²) in [6, 6.07) is 1.54. The fourth-order valence-electron chi connectivity index (χ4n) is 1.80. The van der Waals surface area contributed by atoms with Crippen molar-refractivity contribution in [3.05, 3.63) is 11.8 Å². The maximum absolute atomic E-state index is 11.6. The number of aromatic amines is 1. The lowest BCUT2D eigenvalue weighted by Crippen LogP contribution is -2.40. The number of nitrogens with zero attached hydrogens (tertiary/aromatic N) is 1. The van der Waals surface area contributed by atoms with Crippen LogP contribution in [0.15, 0.2) is 6.07 Å². The number of rotatable bonds is 3. The third-order valence-electron chi connectivity index (χ3n) is 3.08. The predicted molar refractivity (Wildman–Crippen MR) is 57.3 cm³/mol. The monoisotopic (exact) mass is 208 g/mol. The maximum Gasteiger partial charge on any atom is 0.269 e. The largest absolute Gasteiger partial charge is 0.382 e. The molecular formula is C10H16N4O. The third kappa shape index (κ3) is 2.11. The number of hydrogen-bond donors (Lipinski definition) is 3. The average Bonchev–Trinajstić information content (AvgIpc) is 2.58. The molecule has 0 aromatic carbocycles. The molecule has 1 fully saturated rings. The zero-order valence-electron chi connectivity index (χ0n) is 8.84. The van der Waals surface area contributed by atoms with Gasteiger partial charge in [-0.3, -0.25) is 9.89 Å². The number of nitrogens with two attached hydrogens (primary N) is 1. The highest BCUT2D eigenvalue weighted by Crippen LogP contribution is 2.39. The summed E-state index contributed by atoms with van der Waals surface area (Å²) in [4.78, 5) is 11.6. The summed E-state index contributed by atoms with van der Waals surface area (Å²) in [6.45, 7) is 2.92. The molecular weight excluding hydrogens is 192 g/mol. The summed E-state index contributed by atoms with van der Waals surface area (Å²) in [5, 5.41) is 9.19. The van der Waals surface area contributed by atoms with E-state index in [9.17, 15) is 4.79 Å². The van der Waals surface area contributed by atoms with E-state index in [2.05, 4.69) is 22.4 Å². The van der Waals surface area contributed by atoms with Crippen LogP contribution in [-0.2, 0) is 0 Å². The number of nitrogens with one attached hydrogen (secondary N) is 2. The molecule has 15 heavy (non-hydrogen) atoms. The molecule has 0 radical (unpaired) electrons. The minimum atomic E-state index is -0.132. The number of H-pyrrole nitrogens is 1. The Morgan fingerprint density at radius 3 is 2.93 bits per heavy atom. The number of nitrogen functional groups attached to an aromatic ring is 1. The molecule has 0 bridgehead atoms. The van der Waals surface area contributed by atoms with E-state index in [1.807, 2.05) is 0 Å². The maximum atomic E-state index is 11.6. The Kier molecular flexibility index (Phi) is 2.38. The van der Waals surface area contributed by atoms with Crippen LogP contribution in [-0.4, -0.2) is 22.6 Å². The molecule has 1 aromatic heterocycles. The van der Waals surface area contributed by atoms with Crippen molar-refractivity contribution in [2.24, 2.45) is 5.41 Å². The van der Waals surface area contributed by atoms with Crippen molar-refractivity contribution >= 4 is 11.7 Å². The second-order valence-electron chi connectivity index (χ2n) is 4.55. The molecule has 1 aliphatic carbocycles. The molecule has 82 valence electrons. The Balaban J connectivity index is 1.87. The SMILES string of the molecule is CC1(CNC(=O)c2cc(N)n[nH]2)CCC1. The molecule has 2 rings (SSSR count). The fourth-order valence-corrected chi connectivity index (χ4v) is 1.80. The lowest BCUT2D eigenvalue weighted by Gasteiger charge is -2.38. The van der Waals surface area contributed by atoms with Crippen LogP contribution in [0, 0.1) is 5.41 Å². The zero-order chi connectivity index (χ0) is 10.9. The van der Waals surface area contributed by atoms with Crippen LogP contribution in [0.2, 0.25) is 0 Å². The summed E-state index contributed by atoms with van der Waals surface area (Å²) in [7, 11) is 0. The molecule has 4 N–H and O–H groups in total. The Morgan fingerprint density at radius 1 is 1.73 bits per heavy atom. The van der Waals surface area contributed by atoms with Crippen molar-refractivity contribution in [3.63, 3.8) is 0 Å². The fraction of sp³-hybridized carbons (Fsp3) is 0.600. The molecule has 0 unspecified atom stereocenters. The summed E-state index contributed by atoms with van der Waals surface area (Å²) >= 11 is 0. The second kappa shape index (κ2) is 3.56. The number of carbonyl (C=O) groups excluding carboxylic acids is 1. The van der Waals surface area contributed by atoms with Gasteiger partial charge in [0.05, 0.1) is 0 Å². The van der Waals surface area contributed by atoms with E-state index in [4.69, 9.17) is 5.73 Å². The van der Waals surface area contributed by atoms with Crippen molar-refractivity contribution in [2.45, 2.75) is 26.2 Å². The van der Waals surface area contributed by atoms with E-state index in [1.54, 1.807) is 6.07 Å². The summed E-state index contributed by atoms with van der Waals surface area (Å²) in [5.41, 5.74) is 6.13. The summed E-state index contributed by atoms with van der Waals surface area (Å²) in [6.07, 6.45) is 3.65. The topological polar surface area (TPSA) is 83.8 Å². The Labute approximate surface area is 88.4 Å². The molecule has 0 atom stereocenters. The van der Waals surface area contributed by atoms with Crippen molar-refractivity contribution in [2.75, 3.05) is 12.3 Å². The van der Waals surface area contributed by atoms with E-state index >= 15 is 0 Å². The number of aromatic nitrogens is 2. The van der Waals surface area contributed by atoms with Gasteiger partial charge in [0, 0.05) is 12.6 Å². The van der Waals surface area contributed by atoms with Crippen LogP contribution in [0.5, 0.6) is 0 Å². The van der Waals surface area contributed by atoms with Crippen LogP contribution < -0.4 is 11.1 Å². The van der Waals surface area contributed by atoms with Gasteiger partial charge < -0.3 is 11.1 Å². The van der Waals surface area contributed by atoms with Crippen LogP contribution >= 0.6 is 0 Å². The van der Waals surface area contributed by atoms with E-state index in [1.165, 1.54) is 19.3 Å². The minimum absolute atomic E-state index is 0.132. The van der Waals surface area contributed by atoms with Crippen molar-refractivity contribution in [1.29, 1.82) is 0 Å². The van der Waals surface area contributed by atoms with Gasteiger partial charge in [-0.1, -0.05) is 13.3 Å². The van der Waals surface area contributed by atoms with Crippen LogP contribution in [0.4, 0.5) is 5.82 Å². The van der Waals surface area contributed by atoms with E-state index in [0.717, 1.165) is 6.54 Å². The van der Waals surface area contributed by atoms with E-state index < -0.39 is 0 Å². The quantitative estimate of drug-likeness (QED) is 0.690. The normalized spacial score (nSPS) is 18.2. The van der Waals surface area contributed by atoms with Crippen LogP contribution in [0.25, 0.3) is 0 Å². The van der Waals surface area contributed by atoms with Gasteiger partial charge >= 0.3 is 0 Å². The minimum Gasteiger partial charge on any atom is -0.382 e. The first-order chi connectivity index (χ1) is 7.09. The first kappa shape index (κ1) is 10.0. The van der Waals surface area contributed by atoms with Gasteiger partial charge in [0.1, 0.15) is 11.5 Å².